The van der Waals surface area contributed by atoms with Crippen molar-refractivity contribution in [1.29, 1.82) is 0 Å². The highest BCUT2D eigenvalue weighted by Gasteiger charge is 2.30. The number of ether oxygens (including phenoxy) is 1. The lowest BCUT2D eigenvalue weighted by atomic mass is 10.3. The molecule has 0 aromatic heterocycles. The molecular formula is C10H16N2O5. The molecule has 0 aromatic rings. The first-order valence-corrected chi connectivity index (χ1v) is 5.42. The minimum atomic E-state index is -1.09. The number of nitrogens with one attached hydrogen (secondary N) is 1. The molecule has 2 atom stereocenters. The van der Waals surface area contributed by atoms with Crippen LogP contribution in [-0.4, -0.2) is 53.2 Å². The summed E-state index contributed by atoms with van der Waals surface area (Å²) in [6.07, 6.45) is -1.08. The van der Waals surface area contributed by atoms with Crippen LogP contribution in [0.3, 0.4) is 0 Å². The largest absolute Gasteiger partial charge is 0.480 e. The summed E-state index contributed by atoms with van der Waals surface area (Å²) < 4.78 is 5.05. The van der Waals surface area contributed by atoms with Crippen molar-refractivity contribution >= 4 is 18.0 Å². The molecule has 0 spiro atoms. The summed E-state index contributed by atoms with van der Waals surface area (Å²) >= 11 is 0. The van der Waals surface area contributed by atoms with Crippen LogP contribution in [0.4, 0.5) is 4.79 Å². The van der Waals surface area contributed by atoms with Gasteiger partial charge in [-0.25, -0.2) is 9.59 Å². The first kappa shape index (κ1) is 13.3. The summed E-state index contributed by atoms with van der Waals surface area (Å²) in [4.78, 5) is 34.5. The fraction of sp³-hybridized carbons (Fsp3) is 0.700. The van der Waals surface area contributed by atoms with Gasteiger partial charge in [-0.2, -0.15) is 0 Å². The van der Waals surface area contributed by atoms with Crippen LogP contribution in [0, 0.1) is 0 Å². The van der Waals surface area contributed by atoms with E-state index in [9.17, 15) is 14.4 Å². The van der Waals surface area contributed by atoms with Crippen molar-refractivity contribution in [2.75, 3.05) is 13.1 Å². The molecule has 96 valence electrons. The lowest BCUT2D eigenvalue weighted by Gasteiger charge is -2.25. The quantitative estimate of drug-likeness (QED) is 0.714. The number of carbonyl (C=O) groups excluding carboxylic acids is 2. The maximum Gasteiger partial charge on any atom is 0.410 e. The molecule has 1 saturated heterocycles. The average molecular weight is 244 g/mol. The zero-order valence-electron chi connectivity index (χ0n) is 9.80. The number of rotatable bonds is 4. The van der Waals surface area contributed by atoms with Crippen LogP contribution in [0.25, 0.3) is 0 Å². The Labute approximate surface area is 98.7 Å². The van der Waals surface area contributed by atoms with Crippen molar-refractivity contribution in [2.24, 2.45) is 0 Å². The Morgan fingerprint density at radius 3 is 2.71 bits per heavy atom. The number of aliphatic carboxylic acids is 1. The fourth-order valence-electron chi connectivity index (χ4n) is 1.57. The number of amides is 2. The van der Waals surface area contributed by atoms with E-state index in [1.165, 1.54) is 6.92 Å². The number of hydrogen-bond acceptors (Lipinski definition) is 4. The Balaban J connectivity index is 2.55. The molecule has 0 bridgehead atoms. The molecule has 0 saturated carbocycles. The summed E-state index contributed by atoms with van der Waals surface area (Å²) in [5, 5.41) is 11.4. The smallest absolute Gasteiger partial charge is 0.410 e. The second-order valence-electron chi connectivity index (χ2n) is 3.81. The van der Waals surface area contributed by atoms with Gasteiger partial charge in [-0.3, -0.25) is 9.69 Å². The van der Waals surface area contributed by atoms with Crippen LogP contribution >= 0.6 is 0 Å². The predicted octanol–water partition coefficient (Wildman–Crippen LogP) is -0.193. The number of carboxylic acid groups (broad SMARTS) is 1. The molecular weight excluding hydrogens is 228 g/mol. The van der Waals surface area contributed by atoms with Crippen molar-refractivity contribution in [2.45, 2.75) is 32.4 Å². The van der Waals surface area contributed by atoms with Gasteiger partial charge in [0.2, 0.25) is 5.91 Å². The zero-order chi connectivity index (χ0) is 13.0. The number of carboxylic acids is 1. The monoisotopic (exact) mass is 244 g/mol. The SMILES string of the molecule is CCN(C(=O)O[C@@H]1CNC(=O)C1)[C@@H](C)C(=O)O. The van der Waals surface area contributed by atoms with Gasteiger partial charge < -0.3 is 15.2 Å². The van der Waals surface area contributed by atoms with Crippen molar-refractivity contribution in [3.05, 3.63) is 0 Å². The Hall–Kier alpha value is -1.79. The van der Waals surface area contributed by atoms with Crippen molar-refractivity contribution in [1.82, 2.24) is 10.2 Å². The van der Waals surface area contributed by atoms with Gasteiger partial charge in [0.1, 0.15) is 12.1 Å². The van der Waals surface area contributed by atoms with E-state index in [4.69, 9.17) is 9.84 Å². The minimum Gasteiger partial charge on any atom is -0.480 e. The first-order chi connectivity index (χ1) is 7.95. The molecule has 0 aromatic carbocycles. The highest BCUT2D eigenvalue weighted by Crippen LogP contribution is 2.09. The molecule has 0 aliphatic carbocycles. The van der Waals surface area contributed by atoms with E-state index in [0.29, 0.717) is 0 Å². The molecule has 2 amide bonds. The molecule has 0 unspecified atom stereocenters. The van der Waals surface area contributed by atoms with Gasteiger partial charge in [-0.05, 0) is 13.8 Å². The Kier molecular flexibility index (Phi) is 4.30. The lowest BCUT2D eigenvalue weighted by molar-refractivity contribution is -0.142. The van der Waals surface area contributed by atoms with Gasteiger partial charge in [0, 0.05) is 6.54 Å². The number of nitrogens with zero attached hydrogens (tertiary/aromatic N) is 1. The summed E-state index contributed by atoms with van der Waals surface area (Å²) in [5.74, 6) is -1.26. The molecule has 2 N–H and O–H groups in total. The predicted molar refractivity (Wildman–Crippen MR) is 57.4 cm³/mol. The Morgan fingerprint density at radius 1 is 1.65 bits per heavy atom. The topological polar surface area (TPSA) is 95.9 Å². The van der Waals surface area contributed by atoms with Crippen molar-refractivity contribution in [3.63, 3.8) is 0 Å². The third kappa shape index (κ3) is 3.33. The van der Waals surface area contributed by atoms with E-state index in [1.807, 2.05) is 0 Å². The molecule has 0 radical (unpaired) electrons. The summed E-state index contributed by atoms with van der Waals surface area (Å²) in [7, 11) is 0. The van der Waals surface area contributed by atoms with Crippen LogP contribution in [-0.2, 0) is 14.3 Å². The second kappa shape index (κ2) is 5.51. The second-order valence-corrected chi connectivity index (χ2v) is 3.81. The zero-order valence-corrected chi connectivity index (χ0v) is 9.80. The minimum absolute atomic E-state index is 0.130. The maximum atomic E-state index is 11.7. The van der Waals surface area contributed by atoms with Crippen LogP contribution in [0.15, 0.2) is 0 Å². The standard InChI is InChI=1S/C10H16N2O5/c1-3-12(6(2)9(14)15)10(16)17-7-4-8(13)11-5-7/h6-7H,3-5H2,1-2H3,(H,11,13)(H,14,15)/t6-,7-/m0/s1. The van der Waals surface area contributed by atoms with Gasteiger partial charge in [-0.1, -0.05) is 0 Å². The Bertz CT molecular complexity index is 331. The number of carbonyl (C=O) groups is 3. The molecule has 1 rings (SSSR count). The highest BCUT2D eigenvalue weighted by atomic mass is 16.6. The molecule has 17 heavy (non-hydrogen) atoms. The van der Waals surface area contributed by atoms with E-state index < -0.39 is 24.2 Å². The highest BCUT2D eigenvalue weighted by molar-refractivity contribution is 5.81. The molecule has 1 fully saturated rings. The third-order valence-electron chi connectivity index (χ3n) is 2.61. The summed E-state index contributed by atoms with van der Waals surface area (Å²) in [6.45, 7) is 3.59. The summed E-state index contributed by atoms with van der Waals surface area (Å²) in [5.41, 5.74) is 0. The third-order valence-corrected chi connectivity index (χ3v) is 2.61. The molecule has 7 heteroatoms. The van der Waals surface area contributed by atoms with Gasteiger partial charge in [0.25, 0.3) is 0 Å². The Morgan fingerprint density at radius 2 is 2.29 bits per heavy atom. The fourth-order valence-corrected chi connectivity index (χ4v) is 1.57. The van der Waals surface area contributed by atoms with Crippen LogP contribution in [0.2, 0.25) is 0 Å². The lowest BCUT2D eigenvalue weighted by Crippen LogP contribution is -2.44. The van der Waals surface area contributed by atoms with Gasteiger partial charge in [0.15, 0.2) is 0 Å². The van der Waals surface area contributed by atoms with E-state index in [-0.39, 0.29) is 25.4 Å². The average Bonchev–Trinajstić information content (AvgIpc) is 2.64. The van der Waals surface area contributed by atoms with Gasteiger partial charge in [-0.15, -0.1) is 0 Å². The molecule has 1 aliphatic heterocycles. The van der Waals surface area contributed by atoms with Crippen molar-refractivity contribution in [3.8, 4) is 0 Å². The van der Waals surface area contributed by atoms with E-state index in [1.54, 1.807) is 6.92 Å². The van der Waals surface area contributed by atoms with Crippen molar-refractivity contribution < 1.29 is 24.2 Å². The molecule has 7 nitrogen and oxygen atoms in total. The summed E-state index contributed by atoms with van der Waals surface area (Å²) in [6, 6.07) is -0.947. The van der Waals surface area contributed by atoms with E-state index >= 15 is 0 Å². The van der Waals surface area contributed by atoms with Crippen LogP contribution in [0.1, 0.15) is 20.3 Å². The van der Waals surface area contributed by atoms with E-state index in [2.05, 4.69) is 5.32 Å². The number of likely N-dealkylation sites (N-methyl/N-ethyl adjacent to an activating group) is 1. The number of hydrogen-bond donors (Lipinski definition) is 2. The molecule has 1 heterocycles. The normalized spacial score (nSPS) is 20.6. The maximum absolute atomic E-state index is 11.7. The van der Waals surface area contributed by atoms with Gasteiger partial charge >= 0.3 is 12.1 Å². The van der Waals surface area contributed by atoms with Crippen LogP contribution < -0.4 is 5.32 Å². The molecule has 1 aliphatic rings. The van der Waals surface area contributed by atoms with E-state index in [0.717, 1.165) is 4.90 Å². The van der Waals surface area contributed by atoms with Crippen LogP contribution in [0.5, 0.6) is 0 Å². The van der Waals surface area contributed by atoms with Gasteiger partial charge in [0.05, 0.1) is 13.0 Å². The first-order valence-electron chi connectivity index (χ1n) is 5.42.